The first-order valence-corrected chi connectivity index (χ1v) is 7.51. The van der Waals surface area contributed by atoms with Gasteiger partial charge in [-0.25, -0.2) is 0 Å². The van der Waals surface area contributed by atoms with Gasteiger partial charge in [-0.2, -0.15) is 10.2 Å². The van der Waals surface area contributed by atoms with Crippen LogP contribution in [0.5, 0.6) is 0 Å². The zero-order valence-corrected chi connectivity index (χ0v) is 12.9. The molecule has 22 heavy (non-hydrogen) atoms. The third-order valence-corrected chi connectivity index (χ3v) is 4.02. The third-order valence-electron chi connectivity index (χ3n) is 4.02. The van der Waals surface area contributed by atoms with Crippen molar-refractivity contribution in [2.45, 2.75) is 32.9 Å². The van der Waals surface area contributed by atoms with Crippen molar-refractivity contribution in [1.29, 1.82) is 0 Å². The molecule has 3 rings (SSSR count). The van der Waals surface area contributed by atoms with Crippen molar-refractivity contribution in [3.63, 3.8) is 0 Å². The van der Waals surface area contributed by atoms with E-state index in [4.69, 9.17) is 4.74 Å². The summed E-state index contributed by atoms with van der Waals surface area (Å²) >= 11 is 0. The second-order valence-electron chi connectivity index (χ2n) is 5.76. The number of hydrogen-bond acceptors (Lipinski definition) is 4. The largest absolute Gasteiger partial charge is 0.373 e. The molecule has 2 atom stereocenters. The molecular formula is C15H21N5O2. The molecule has 1 saturated heterocycles. The number of carbonyl (C=O) groups is 1. The van der Waals surface area contributed by atoms with E-state index in [1.807, 2.05) is 26.1 Å². The highest BCUT2D eigenvalue weighted by Crippen LogP contribution is 2.33. The SMILES string of the molecule is Cc1cc(C)n(CC(=O)NC[C@H]2CCO[C@@H]2c2cn[nH]c2)n1. The minimum atomic E-state index is -0.0240. The molecule has 0 aliphatic carbocycles. The fourth-order valence-electron chi connectivity index (χ4n) is 2.90. The molecule has 2 N–H and O–H groups in total. The Morgan fingerprint density at radius 1 is 1.55 bits per heavy atom. The zero-order valence-electron chi connectivity index (χ0n) is 12.9. The highest BCUT2D eigenvalue weighted by molar-refractivity contribution is 5.75. The zero-order chi connectivity index (χ0) is 15.5. The van der Waals surface area contributed by atoms with Crippen LogP contribution in [0.2, 0.25) is 0 Å². The van der Waals surface area contributed by atoms with Crippen molar-refractivity contribution in [3.05, 3.63) is 35.4 Å². The predicted molar refractivity (Wildman–Crippen MR) is 80.1 cm³/mol. The average Bonchev–Trinajstić information content (AvgIpc) is 3.18. The van der Waals surface area contributed by atoms with Gasteiger partial charge in [-0.05, 0) is 26.3 Å². The lowest BCUT2D eigenvalue weighted by Gasteiger charge is -2.17. The first kappa shape index (κ1) is 14.8. The number of amides is 1. The van der Waals surface area contributed by atoms with Crippen molar-refractivity contribution in [2.24, 2.45) is 5.92 Å². The van der Waals surface area contributed by atoms with Crippen LogP contribution >= 0.6 is 0 Å². The molecule has 0 radical (unpaired) electrons. The number of aromatic amines is 1. The van der Waals surface area contributed by atoms with Crippen LogP contribution in [0, 0.1) is 19.8 Å². The Kier molecular flexibility index (Phi) is 4.24. The van der Waals surface area contributed by atoms with Crippen LogP contribution in [-0.2, 0) is 16.1 Å². The fraction of sp³-hybridized carbons (Fsp3) is 0.533. The van der Waals surface area contributed by atoms with Crippen LogP contribution in [0.25, 0.3) is 0 Å². The number of H-pyrrole nitrogens is 1. The number of rotatable bonds is 5. The highest BCUT2D eigenvalue weighted by atomic mass is 16.5. The molecule has 7 heteroatoms. The van der Waals surface area contributed by atoms with Crippen molar-refractivity contribution >= 4 is 5.91 Å². The van der Waals surface area contributed by atoms with E-state index in [0.29, 0.717) is 13.2 Å². The Bertz CT molecular complexity index is 634. The summed E-state index contributed by atoms with van der Waals surface area (Å²) < 4.78 is 7.48. The number of ether oxygens (including phenoxy) is 1. The Balaban J connectivity index is 1.53. The van der Waals surface area contributed by atoms with E-state index >= 15 is 0 Å². The molecule has 0 aromatic carbocycles. The third kappa shape index (κ3) is 3.19. The molecule has 7 nitrogen and oxygen atoms in total. The normalized spacial score (nSPS) is 21.2. The van der Waals surface area contributed by atoms with Crippen molar-refractivity contribution < 1.29 is 9.53 Å². The Morgan fingerprint density at radius 2 is 2.41 bits per heavy atom. The molecular weight excluding hydrogens is 282 g/mol. The Morgan fingerprint density at radius 3 is 3.09 bits per heavy atom. The summed E-state index contributed by atoms with van der Waals surface area (Å²) in [6.45, 7) is 5.45. The van der Waals surface area contributed by atoms with Gasteiger partial charge in [-0.3, -0.25) is 14.6 Å². The van der Waals surface area contributed by atoms with Crippen molar-refractivity contribution in [1.82, 2.24) is 25.3 Å². The molecule has 0 saturated carbocycles. The summed E-state index contributed by atoms with van der Waals surface area (Å²) in [7, 11) is 0. The number of aryl methyl sites for hydroxylation is 2. The summed E-state index contributed by atoms with van der Waals surface area (Å²) in [6, 6.07) is 1.97. The second-order valence-corrected chi connectivity index (χ2v) is 5.76. The van der Waals surface area contributed by atoms with E-state index in [1.165, 1.54) is 0 Å². The monoisotopic (exact) mass is 303 g/mol. The van der Waals surface area contributed by atoms with Gasteiger partial charge < -0.3 is 10.1 Å². The smallest absolute Gasteiger partial charge is 0.241 e. The van der Waals surface area contributed by atoms with Gasteiger partial charge in [0.2, 0.25) is 5.91 Å². The number of nitrogens with zero attached hydrogens (tertiary/aromatic N) is 3. The molecule has 0 spiro atoms. The second kappa shape index (κ2) is 6.31. The highest BCUT2D eigenvalue weighted by Gasteiger charge is 2.30. The molecule has 0 bridgehead atoms. The lowest BCUT2D eigenvalue weighted by Crippen LogP contribution is -2.33. The van der Waals surface area contributed by atoms with Crippen LogP contribution in [-0.4, -0.2) is 39.0 Å². The predicted octanol–water partition coefficient (Wildman–Crippen LogP) is 1.12. The summed E-state index contributed by atoms with van der Waals surface area (Å²) in [6.07, 6.45) is 4.57. The van der Waals surface area contributed by atoms with Crippen LogP contribution in [0.1, 0.15) is 29.5 Å². The van der Waals surface area contributed by atoms with Gasteiger partial charge in [0, 0.05) is 36.5 Å². The number of nitrogens with one attached hydrogen (secondary N) is 2. The fourth-order valence-corrected chi connectivity index (χ4v) is 2.90. The lowest BCUT2D eigenvalue weighted by molar-refractivity contribution is -0.122. The Hall–Kier alpha value is -2.15. The van der Waals surface area contributed by atoms with Crippen LogP contribution < -0.4 is 5.32 Å². The van der Waals surface area contributed by atoms with E-state index in [0.717, 1.165) is 23.4 Å². The first-order chi connectivity index (χ1) is 10.6. The minimum absolute atomic E-state index is 0.00716. The summed E-state index contributed by atoms with van der Waals surface area (Å²) in [5.41, 5.74) is 2.96. The maximum absolute atomic E-state index is 12.1. The quantitative estimate of drug-likeness (QED) is 0.867. The Labute approximate surface area is 129 Å². The molecule has 2 aromatic rings. The topological polar surface area (TPSA) is 84.8 Å². The lowest BCUT2D eigenvalue weighted by atomic mass is 9.97. The van der Waals surface area contributed by atoms with E-state index in [2.05, 4.69) is 20.6 Å². The van der Waals surface area contributed by atoms with Crippen LogP contribution in [0.15, 0.2) is 18.5 Å². The van der Waals surface area contributed by atoms with Gasteiger partial charge in [0.25, 0.3) is 0 Å². The van der Waals surface area contributed by atoms with E-state index < -0.39 is 0 Å². The van der Waals surface area contributed by atoms with Crippen molar-refractivity contribution in [3.8, 4) is 0 Å². The number of carbonyl (C=O) groups excluding carboxylic acids is 1. The molecule has 1 aliphatic heterocycles. The van der Waals surface area contributed by atoms with Gasteiger partial charge in [0.05, 0.1) is 18.0 Å². The van der Waals surface area contributed by atoms with E-state index in [9.17, 15) is 4.79 Å². The standard InChI is InChI=1S/C15H21N5O2/c1-10-5-11(2)20(19-10)9-14(21)16-6-12-3-4-22-15(12)13-7-17-18-8-13/h5,7-8,12,15H,3-4,6,9H2,1-2H3,(H,16,21)(H,17,18)/t12-,15+/m1/s1. The molecule has 3 heterocycles. The molecule has 1 fully saturated rings. The van der Waals surface area contributed by atoms with Crippen molar-refractivity contribution in [2.75, 3.05) is 13.2 Å². The number of aromatic nitrogens is 4. The van der Waals surface area contributed by atoms with Gasteiger partial charge >= 0.3 is 0 Å². The number of hydrogen-bond donors (Lipinski definition) is 2. The van der Waals surface area contributed by atoms with Gasteiger partial charge in [-0.1, -0.05) is 0 Å². The molecule has 1 amide bonds. The van der Waals surface area contributed by atoms with Crippen LogP contribution in [0.4, 0.5) is 0 Å². The summed E-state index contributed by atoms with van der Waals surface area (Å²) in [5, 5.41) is 14.1. The molecule has 1 aliphatic rings. The molecule has 118 valence electrons. The van der Waals surface area contributed by atoms with Gasteiger partial charge in [-0.15, -0.1) is 0 Å². The minimum Gasteiger partial charge on any atom is -0.373 e. The van der Waals surface area contributed by atoms with Gasteiger partial charge in [0.15, 0.2) is 0 Å². The summed E-state index contributed by atoms with van der Waals surface area (Å²) in [4.78, 5) is 12.1. The molecule has 0 unspecified atom stereocenters. The molecule has 2 aromatic heterocycles. The summed E-state index contributed by atoms with van der Waals surface area (Å²) in [5.74, 6) is 0.256. The van der Waals surface area contributed by atoms with Gasteiger partial charge in [0.1, 0.15) is 6.54 Å². The van der Waals surface area contributed by atoms with E-state index in [-0.39, 0.29) is 24.5 Å². The van der Waals surface area contributed by atoms with E-state index in [1.54, 1.807) is 10.9 Å². The van der Waals surface area contributed by atoms with Crippen LogP contribution in [0.3, 0.4) is 0 Å². The maximum atomic E-state index is 12.1. The average molecular weight is 303 g/mol. The maximum Gasteiger partial charge on any atom is 0.241 e. The first-order valence-electron chi connectivity index (χ1n) is 7.51.